The summed E-state index contributed by atoms with van der Waals surface area (Å²) in [5, 5.41) is 25.2. The number of nitriles is 1. The monoisotopic (exact) mass is 425 g/mol. The number of anilines is 2. The lowest BCUT2D eigenvalue weighted by Crippen LogP contribution is -2.33. The van der Waals surface area contributed by atoms with Gasteiger partial charge in [-0.05, 0) is 42.3 Å². The van der Waals surface area contributed by atoms with Crippen molar-refractivity contribution in [3.8, 4) is 23.1 Å². The fourth-order valence-corrected chi connectivity index (χ4v) is 3.93. The molecule has 0 radical (unpaired) electrons. The van der Waals surface area contributed by atoms with Crippen LogP contribution < -0.4 is 15.4 Å². The largest absolute Gasteiger partial charge is 0.493 e. The molecule has 3 N–H and O–H groups in total. The summed E-state index contributed by atoms with van der Waals surface area (Å²) in [6.07, 6.45) is 5.30. The minimum Gasteiger partial charge on any atom is -0.493 e. The van der Waals surface area contributed by atoms with Crippen molar-refractivity contribution < 1.29 is 4.74 Å². The molecule has 1 fully saturated rings. The third kappa shape index (κ3) is 4.38. The van der Waals surface area contributed by atoms with Gasteiger partial charge in [0, 0.05) is 24.1 Å². The van der Waals surface area contributed by atoms with Crippen molar-refractivity contribution in [2.75, 3.05) is 25.0 Å². The molecule has 0 spiro atoms. The van der Waals surface area contributed by atoms with Crippen molar-refractivity contribution in [2.24, 2.45) is 5.92 Å². The number of ether oxygens (including phenoxy) is 1. The highest BCUT2D eigenvalue weighted by Crippen LogP contribution is 2.35. The molecule has 8 heteroatoms. The molecule has 1 atom stereocenters. The molecule has 5 rings (SSSR count). The molecule has 1 unspecified atom stereocenters. The van der Waals surface area contributed by atoms with Gasteiger partial charge in [0.05, 0.1) is 24.7 Å². The maximum absolute atomic E-state index is 8.87. The highest BCUT2D eigenvalue weighted by molar-refractivity contribution is 5.90. The van der Waals surface area contributed by atoms with Crippen molar-refractivity contribution in [2.45, 2.75) is 12.8 Å². The number of aromatic nitrogens is 4. The van der Waals surface area contributed by atoms with Crippen LogP contribution in [0, 0.1) is 17.2 Å². The Morgan fingerprint density at radius 1 is 1.09 bits per heavy atom. The molecular weight excluding hydrogens is 402 g/mol. The molecule has 0 aliphatic carbocycles. The molecule has 8 nitrogen and oxygen atoms in total. The second kappa shape index (κ2) is 9.04. The number of fused-ring (bicyclic) bond motifs is 1. The third-order valence-electron chi connectivity index (χ3n) is 5.61. The summed E-state index contributed by atoms with van der Waals surface area (Å²) in [6.45, 7) is 2.76. The maximum atomic E-state index is 8.87. The first-order valence-electron chi connectivity index (χ1n) is 10.7. The minimum atomic E-state index is 0.268. The Hall–Kier alpha value is -3.96. The van der Waals surface area contributed by atoms with Crippen molar-refractivity contribution in [3.05, 3.63) is 60.6 Å². The zero-order valence-corrected chi connectivity index (χ0v) is 17.5. The number of H-pyrrole nitrogens is 1. The van der Waals surface area contributed by atoms with Gasteiger partial charge in [-0.2, -0.15) is 10.4 Å². The van der Waals surface area contributed by atoms with E-state index in [9.17, 15) is 0 Å². The first-order chi connectivity index (χ1) is 15.8. The molecule has 1 aliphatic heterocycles. The predicted octanol–water partition coefficient (Wildman–Crippen LogP) is 4.01. The van der Waals surface area contributed by atoms with Gasteiger partial charge in [-0.3, -0.25) is 5.10 Å². The maximum Gasteiger partial charge on any atom is 0.158 e. The molecular formula is C24H23N7O. The summed E-state index contributed by atoms with van der Waals surface area (Å²) in [7, 11) is 0. The number of aromatic amines is 1. The van der Waals surface area contributed by atoms with Gasteiger partial charge in [0.1, 0.15) is 17.6 Å². The van der Waals surface area contributed by atoms with Gasteiger partial charge >= 0.3 is 0 Å². The summed E-state index contributed by atoms with van der Waals surface area (Å²) in [4.78, 5) is 8.21. The normalized spacial score (nSPS) is 15.9. The second-order valence-electron chi connectivity index (χ2n) is 7.91. The van der Waals surface area contributed by atoms with Crippen LogP contribution in [0.15, 0.2) is 54.9 Å². The van der Waals surface area contributed by atoms with E-state index < -0.39 is 0 Å². The zero-order chi connectivity index (χ0) is 21.8. The van der Waals surface area contributed by atoms with Crippen LogP contribution in [0.25, 0.3) is 22.0 Å². The topological polar surface area (TPSA) is 112 Å². The lowest BCUT2D eigenvalue weighted by molar-refractivity contribution is 0.219. The Morgan fingerprint density at radius 3 is 2.72 bits per heavy atom. The predicted molar refractivity (Wildman–Crippen MR) is 123 cm³/mol. The Kier molecular flexibility index (Phi) is 5.64. The van der Waals surface area contributed by atoms with Crippen LogP contribution in [0.3, 0.4) is 0 Å². The molecule has 0 amide bonds. The Bertz CT molecular complexity index is 1250. The Labute approximate surface area is 185 Å². The number of nitrogens with one attached hydrogen (secondary N) is 3. The average molecular weight is 425 g/mol. The van der Waals surface area contributed by atoms with Crippen LogP contribution in [0.4, 0.5) is 11.6 Å². The molecule has 4 aromatic rings. The van der Waals surface area contributed by atoms with E-state index in [0.29, 0.717) is 24.2 Å². The third-order valence-corrected chi connectivity index (χ3v) is 5.61. The highest BCUT2D eigenvalue weighted by Gasteiger charge is 2.17. The summed E-state index contributed by atoms with van der Waals surface area (Å²) in [5.41, 5.74) is 2.07. The fourth-order valence-electron chi connectivity index (χ4n) is 3.93. The molecule has 0 bridgehead atoms. The zero-order valence-electron chi connectivity index (χ0n) is 17.5. The van der Waals surface area contributed by atoms with Crippen LogP contribution in [-0.4, -0.2) is 39.9 Å². The van der Waals surface area contributed by atoms with Gasteiger partial charge < -0.3 is 15.4 Å². The lowest BCUT2D eigenvalue weighted by Gasteiger charge is -2.23. The second-order valence-corrected chi connectivity index (χ2v) is 7.91. The highest BCUT2D eigenvalue weighted by atomic mass is 16.5. The summed E-state index contributed by atoms with van der Waals surface area (Å²) >= 11 is 0. The van der Waals surface area contributed by atoms with Gasteiger partial charge in [0.15, 0.2) is 11.5 Å². The molecule has 0 saturated carbocycles. The number of hydrogen-bond acceptors (Lipinski definition) is 7. The van der Waals surface area contributed by atoms with E-state index in [1.807, 2.05) is 24.3 Å². The van der Waals surface area contributed by atoms with Crippen LogP contribution in [0.5, 0.6) is 5.75 Å². The van der Waals surface area contributed by atoms with Gasteiger partial charge in [0.25, 0.3) is 0 Å². The molecule has 1 aliphatic rings. The Morgan fingerprint density at radius 2 is 1.97 bits per heavy atom. The minimum absolute atomic E-state index is 0.268. The van der Waals surface area contributed by atoms with Crippen molar-refractivity contribution in [3.63, 3.8) is 0 Å². The van der Waals surface area contributed by atoms with E-state index in [0.717, 1.165) is 40.9 Å². The standard InChI is InChI=1S/C24H23N7O/c25-11-19-13-28-24(14-27-19)29-23-10-21(30-31-23)20-8-17-5-1-2-6-18(17)9-22(20)32-15-16-4-3-7-26-12-16/h1-2,5-6,8-10,13-14,16,26H,3-4,7,12,15H2,(H2,28,29,30,31). The molecule has 1 saturated heterocycles. The average Bonchev–Trinajstić information content (AvgIpc) is 3.31. The van der Waals surface area contributed by atoms with E-state index in [1.165, 1.54) is 25.2 Å². The summed E-state index contributed by atoms with van der Waals surface area (Å²) in [5.74, 6) is 2.47. The van der Waals surface area contributed by atoms with Gasteiger partial charge in [-0.25, -0.2) is 9.97 Å². The number of hydrogen-bond donors (Lipinski definition) is 3. The first-order valence-corrected chi connectivity index (χ1v) is 10.7. The van der Waals surface area contributed by atoms with Crippen molar-refractivity contribution in [1.29, 1.82) is 5.26 Å². The summed E-state index contributed by atoms with van der Waals surface area (Å²) < 4.78 is 6.33. The van der Waals surface area contributed by atoms with Crippen LogP contribution in [0.2, 0.25) is 0 Å². The van der Waals surface area contributed by atoms with Crippen LogP contribution in [0.1, 0.15) is 18.5 Å². The van der Waals surface area contributed by atoms with Gasteiger partial charge in [-0.15, -0.1) is 0 Å². The summed E-state index contributed by atoms with van der Waals surface area (Å²) in [6, 6.07) is 16.4. The van der Waals surface area contributed by atoms with Crippen LogP contribution >= 0.6 is 0 Å². The first kappa shape index (κ1) is 20.0. The van der Waals surface area contributed by atoms with Gasteiger partial charge in [0.2, 0.25) is 0 Å². The Balaban J connectivity index is 1.42. The molecule has 2 aromatic carbocycles. The number of nitrogens with zero attached hydrogens (tertiary/aromatic N) is 4. The van der Waals surface area contributed by atoms with Crippen LogP contribution in [-0.2, 0) is 0 Å². The molecule has 3 heterocycles. The molecule has 32 heavy (non-hydrogen) atoms. The van der Waals surface area contributed by atoms with Gasteiger partial charge in [-0.1, -0.05) is 24.3 Å². The van der Waals surface area contributed by atoms with Crippen molar-refractivity contribution in [1.82, 2.24) is 25.5 Å². The van der Waals surface area contributed by atoms with E-state index in [-0.39, 0.29) is 5.69 Å². The van der Waals surface area contributed by atoms with E-state index >= 15 is 0 Å². The number of benzene rings is 2. The number of piperidine rings is 1. The lowest BCUT2D eigenvalue weighted by atomic mass is 10.0. The fraction of sp³-hybridized carbons (Fsp3) is 0.250. The van der Waals surface area contributed by atoms with E-state index in [2.05, 4.69) is 55.1 Å². The van der Waals surface area contributed by atoms with E-state index in [4.69, 9.17) is 10.00 Å². The quantitative estimate of drug-likeness (QED) is 0.428. The molecule has 160 valence electrons. The number of rotatable bonds is 6. The SMILES string of the molecule is N#Cc1cnc(Nc2cc(-c3cc4ccccc4cc3OCC3CCCNC3)[nH]n2)cn1. The van der Waals surface area contributed by atoms with E-state index in [1.54, 1.807) is 0 Å². The smallest absolute Gasteiger partial charge is 0.158 e. The molecule has 2 aromatic heterocycles. The van der Waals surface area contributed by atoms with Crippen molar-refractivity contribution >= 4 is 22.4 Å².